The summed E-state index contributed by atoms with van der Waals surface area (Å²) < 4.78 is 0. The summed E-state index contributed by atoms with van der Waals surface area (Å²) in [5, 5.41) is 9.55. The van der Waals surface area contributed by atoms with Gasteiger partial charge in [0.15, 0.2) is 0 Å². The van der Waals surface area contributed by atoms with Crippen LogP contribution in [-0.4, -0.2) is 11.1 Å². The normalized spacial score (nSPS) is 20.3. The van der Waals surface area contributed by atoms with Crippen LogP contribution in [0.4, 0.5) is 0 Å². The molecule has 0 heterocycles. The molecule has 2 heteroatoms. The fourth-order valence-electron chi connectivity index (χ4n) is 4.47. The number of allylic oxidation sites excluding steroid dienone is 3. The summed E-state index contributed by atoms with van der Waals surface area (Å²) in [6, 6.07) is 8.28. The lowest BCUT2D eigenvalue weighted by Gasteiger charge is -2.29. The Balaban J connectivity index is 1.86. The van der Waals surface area contributed by atoms with Gasteiger partial charge >= 0.3 is 5.97 Å². The van der Waals surface area contributed by atoms with E-state index in [4.69, 9.17) is 0 Å². The van der Waals surface area contributed by atoms with E-state index in [0.29, 0.717) is 11.5 Å². The maximum Gasteiger partial charge on any atom is 0.336 e. The topological polar surface area (TPSA) is 37.3 Å². The molecule has 1 fully saturated rings. The van der Waals surface area contributed by atoms with Crippen molar-refractivity contribution in [1.29, 1.82) is 0 Å². The van der Waals surface area contributed by atoms with Gasteiger partial charge in [-0.25, -0.2) is 4.79 Å². The summed E-state index contributed by atoms with van der Waals surface area (Å²) >= 11 is 0. The molecule has 1 aliphatic rings. The summed E-state index contributed by atoms with van der Waals surface area (Å²) in [6.07, 6.45) is 21.2. The first-order valence-corrected chi connectivity index (χ1v) is 11.9. The van der Waals surface area contributed by atoms with Crippen molar-refractivity contribution >= 4 is 11.5 Å². The highest BCUT2D eigenvalue weighted by atomic mass is 16.4. The Morgan fingerprint density at radius 1 is 0.966 bits per heavy atom. The molecule has 29 heavy (non-hydrogen) atoms. The first kappa shape index (κ1) is 23.4. The maximum absolute atomic E-state index is 11.6. The van der Waals surface area contributed by atoms with Crippen molar-refractivity contribution in [3.05, 3.63) is 53.6 Å². The summed E-state index contributed by atoms with van der Waals surface area (Å²) in [7, 11) is 0. The molecule has 0 bridgehead atoms. The lowest BCUT2D eigenvalue weighted by molar-refractivity contribution is -0.130. The van der Waals surface area contributed by atoms with E-state index in [1.807, 2.05) is 24.3 Å². The lowest BCUT2D eigenvalue weighted by Crippen LogP contribution is -2.13. The van der Waals surface area contributed by atoms with E-state index in [9.17, 15) is 9.90 Å². The Kier molecular flexibility index (Phi) is 10.8. The second-order valence-corrected chi connectivity index (χ2v) is 8.64. The molecule has 0 amide bonds. The molecule has 1 aromatic carbocycles. The van der Waals surface area contributed by atoms with E-state index >= 15 is 0 Å². The predicted octanol–water partition coefficient (Wildman–Crippen LogP) is 8.15. The zero-order chi connectivity index (χ0) is 20.9. The summed E-state index contributed by atoms with van der Waals surface area (Å²) in [5.74, 6) is 0.698. The molecule has 160 valence electrons. The number of carboxylic acid groups (broad SMARTS) is 1. The Bertz CT molecular complexity index is 646. The van der Waals surface area contributed by atoms with Gasteiger partial charge in [-0.15, -0.1) is 0 Å². The molecular weight excluding hydrogens is 356 g/mol. The molecule has 1 N–H and O–H groups in total. The molecule has 0 atom stereocenters. The number of unbranched alkanes of at least 4 members (excludes halogenated alkanes) is 5. The lowest BCUT2D eigenvalue weighted by atomic mass is 9.77. The number of carboxylic acids is 1. The van der Waals surface area contributed by atoms with E-state index in [0.717, 1.165) is 24.3 Å². The van der Waals surface area contributed by atoms with Gasteiger partial charge in [-0.1, -0.05) is 95.2 Å². The highest BCUT2D eigenvalue weighted by Gasteiger charge is 2.22. The van der Waals surface area contributed by atoms with Crippen LogP contribution < -0.4 is 0 Å². The van der Waals surface area contributed by atoms with Crippen LogP contribution >= 0.6 is 0 Å². The van der Waals surface area contributed by atoms with Crippen LogP contribution in [0, 0.1) is 5.92 Å². The van der Waals surface area contributed by atoms with Crippen molar-refractivity contribution in [2.24, 2.45) is 5.92 Å². The van der Waals surface area contributed by atoms with Gasteiger partial charge in [0, 0.05) is 0 Å². The second-order valence-electron chi connectivity index (χ2n) is 8.64. The molecule has 2 nitrogen and oxygen atoms in total. The van der Waals surface area contributed by atoms with E-state index in [2.05, 4.69) is 26.0 Å². The predicted molar refractivity (Wildman–Crippen MR) is 124 cm³/mol. The van der Waals surface area contributed by atoms with Gasteiger partial charge in [0.25, 0.3) is 0 Å². The zero-order valence-electron chi connectivity index (χ0n) is 18.5. The van der Waals surface area contributed by atoms with Crippen molar-refractivity contribution in [3.8, 4) is 0 Å². The molecule has 0 radical (unpaired) electrons. The Morgan fingerprint density at radius 3 is 2.28 bits per heavy atom. The van der Waals surface area contributed by atoms with Crippen LogP contribution in [-0.2, 0) is 4.79 Å². The van der Waals surface area contributed by atoms with Gasteiger partial charge < -0.3 is 5.11 Å². The molecule has 0 unspecified atom stereocenters. The average Bonchev–Trinajstić information content (AvgIpc) is 2.74. The highest BCUT2D eigenvalue weighted by Crippen LogP contribution is 2.38. The Morgan fingerprint density at radius 2 is 1.66 bits per heavy atom. The Labute approximate surface area is 178 Å². The van der Waals surface area contributed by atoms with E-state index in [-0.39, 0.29) is 0 Å². The van der Waals surface area contributed by atoms with E-state index in [1.165, 1.54) is 69.8 Å². The molecule has 2 rings (SSSR count). The summed E-state index contributed by atoms with van der Waals surface area (Å²) in [5.41, 5.74) is 2.54. The first-order chi connectivity index (χ1) is 14.2. The van der Waals surface area contributed by atoms with Crippen molar-refractivity contribution in [1.82, 2.24) is 0 Å². The number of rotatable bonds is 12. The minimum absolute atomic E-state index is 0.371. The third-order valence-electron chi connectivity index (χ3n) is 6.34. The fraction of sp³-hybridized carbons (Fsp3) is 0.593. The van der Waals surface area contributed by atoms with Crippen LogP contribution in [0.1, 0.15) is 108 Å². The third-order valence-corrected chi connectivity index (χ3v) is 6.34. The van der Waals surface area contributed by atoms with Gasteiger partial charge in [0.2, 0.25) is 0 Å². The van der Waals surface area contributed by atoms with E-state index < -0.39 is 5.97 Å². The molecule has 0 spiro atoms. The van der Waals surface area contributed by atoms with Crippen LogP contribution in [0.3, 0.4) is 0 Å². The smallest absolute Gasteiger partial charge is 0.336 e. The van der Waals surface area contributed by atoms with Crippen molar-refractivity contribution < 1.29 is 9.90 Å². The van der Waals surface area contributed by atoms with Crippen molar-refractivity contribution in [2.75, 3.05) is 0 Å². The van der Waals surface area contributed by atoms with Gasteiger partial charge in [-0.05, 0) is 61.1 Å². The van der Waals surface area contributed by atoms with Crippen LogP contribution in [0.5, 0.6) is 0 Å². The minimum atomic E-state index is -0.863. The number of benzene rings is 1. The number of hydrogen-bond acceptors (Lipinski definition) is 1. The number of carbonyl (C=O) groups is 1. The SMILES string of the molecule is CCC/C=C/C=C(/C(=O)O)c1ccc(C2CCC(CCCCCCC)CC2)cc1. The second kappa shape index (κ2) is 13.4. The third kappa shape index (κ3) is 8.20. The molecule has 1 saturated carbocycles. The zero-order valence-corrected chi connectivity index (χ0v) is 18.5. The largest absolute Gasteiger partial charge is 0.478 e. The standard InChI is InChI=1S/C27H40O2/c1-3-5-7-9-10-12-22-14-16-23(17-15-22)24-18-20-25(21-19-24)26(27(28)29)13-11-8-6-4-2/h8,11,13,18-23H,3-7,9-10,12,14-17H2,1-2H3,(H,28,29)/b11-8+,26-13+. The Hall–Kier alpha value is -1.83. The van der Waals surface area contributed by atoms with Crippen LogP contribution in [0.15, 0.2) is 42.5 Å². The summed E-state index contributed by atoms with van der Waals surface area (Å²) in [6.45, 7) is 4.39. The maximum atomic E-state index is 11.6. The van der Waals surface area contributed by atoms with Crippen LogP contribution in [0.2, 0.25) is 0 Å². The quantitative estimate of drug-likeness (QED) is 0.220. The van der Waals surface area contributed by atoms with Crippen molar-refractivity contribution in [2.45, 2.75) is 96.8 Å². The molecule has 0 saturated heterocycles. The van der Waals surface area contributed by atoms with Gasteiger partial charge in [0.05, 0.1) is 5.57 Å². The fourth-order valence-corrected chi connectivity index (χ4v) is 4.47. The summed E-state index contributed by atoms with van der Waals surface area (Å²) in [4.78, 5) is 11.6. The van der Waals surface area contributed by atoms with Gasteiger partial charge in [-0.2, -0.15) is 0 Å². The van der Waals surface area contributed by atoms with Crippen molar-refractivity contribution in [3.63, 3.8) is 0 Å². The highest BCUT2D eigenvalue weighted by molar-refractivity contribution is 6.15. The molecule has 1 aliphatic carbocycles. The molecule has 0 aromatic heterocycles. The van der Waals surface area contributed by atoms with E-state index in [1.54, 1.807) is 6.08 Å². The van der Waals surface area contributed by atoms with Crippen LogP contribution in [0.25, 0.3) is 5.57 Å². The average molecular weight is 397 g/mol. The van der Waals surface area contributed by atoms with Gasteiger partial charge in [-0.3, -0.25) is 0 Å². The van der Waals surface area contributed by atoms with Gasteiger partial charge in [0.1, 0.15) is 0 Å². The molecule has 1 aromatic rings. The number of aliphatic carboxylic acids is 1. The molecular formula is C27H40O2. The monoisotopic (exact) mass is 396 g/mol. The minimum Gasteiger partial charge on any atom is -0.478 e. The first-order valence-electron chi connectivity index (χ1n) is 11.9. The number of hydrogen-bond donors (Lipinski definition) is 1. The molecule has 0 aliphatic heterocycles.